The van der Waals surface area contributed by atoms with Crippen LogP contribution < -0.4 is 5.73 Å². The van der Waals surface area contributed by atoms with Crippen LogP contribution in [0, 0.1) is 5.92 Å². The quantitative estimate of drug-likeness (QED) is 0.715. The van der Waals surface area contributed by atoms with Crippen LogP contribution in [0.25, 0.3) is 0 Å². The van der Waals surface area contributed by atoms with Crippen LogP contribution in [0.3, 0.4) is 0 Å². The van der Waals surface area contributed by atoms with Gasteiger partial charge in [-0.1, -0.05) is 12.1 Å². The molecule has 1 heterocycles. The molecule has 13 heavy (non-hydrogen) atoms. The molecule has 0 radical (unpaired) electrons. The van der Waals surface area contributed by atoms with E-state index in [0.29, 0.717) is 11.8 Å². The Labute approximate surface area is 78.3 Å². The smallest absolute Gasteiger partial charge is 0.144 e. The third-order valence-corrected chi connectivity index (χ3v) is 3.03. The van der Waals surface area contributed by atoms with Crippen molar-refractivity contribution in [1.29, 1.82) is 0 Å². The van der Waals surface area contributed by atoms with E-state index in [1.807, 2.05) is 13.1 Å². The number of hydrogen-bond donors (Lipinski definition) is 1. The zero-order valence-electron chi connectivity index (χ0n) is 8.16. The lowest BCUT2D eigenvalue weighted by Gasteiger charge is -2.29. The minimum Gasteiger partial charge on any atom is -0.361 e. The zero-order valence-corrected chi connectivity index (χ0v) is 8.16. The highest BCUT2D eigenvalue weighted by atomic mass is 16.5. The van der Waals surface area contributed by atoms with Gasteiger partial charge in [0, 0.05) is 17.5 Å². The topological polar surface area (TPSA) is 52.0 Å². The van der Waals surface area contributed by atoms with Crippen LogP contribution in [0.2, 0.25) is 0 Å². The lowest BCUT2D eigenvalue weighted by molar-refractivity contribution is 0.274. The van der Waals surface area contributed by atoms with Gasteiger partial charge in [0.2, 0.25) is 0 Å². The summed E-state index contributed by atoms with van der Waals surface area (Å²) in [4.78, 5) is 0. The van der Waals surface area contributed by atoms with Crippen LogP contribution in [0.1, 0.15) is 37.5 Å². The summed E-state index contributed by atoms with van der Waals surface area (Å²) in [6.45, 7) is 4.28. The van der Waals surface area contributed by atoms with Crippen molar-refractivity contribution in [3.8, 4) is 0 Å². The van der Waals surface area contributed by atoms with Crippen LogP contribution in [-0.4, -0.2) is 11.2 Å². The van der Waals surface area contributed by atoms with Crippen LogP contribution in [0.15, 0.2) is 10.7 Å². The van der Waals surface area contributed by atoms with Crippen molar-refractivity contribution >= 4 is 0 Å². The molecule has 0 saturated heterocycles. The Balaban J connectivity index is 2.36. The summed E-state index contributed by atoms with van der Waals surface area (Å²) in [5.74, 6) is 1.99. The summed E-state index contributed by atoms with van der Waals surface area (Å²) >= 11 is 0. The Morgan fingerprint density at radius 2 is 2.46 bits per heavy atom. The normalized spacial score (nSPS) is 29.8. The molecule has 0 aliphatic heterocycles. The molecule has 0 bridgehead atoms. The number of aromatic nitrogens is 1. The predicted octanol–water partition coefficient (Wildman–Crippen LogP) is 1.69. The number of aryl methyl sites for hydroxylation is 1. The Hall–Kier alpha value is -0.830. The lowest BCUT2D eigenvalue weighted by Crippen LogP contribution is -2.32. The highest BCUT2D eigenvalue weighted by Gasteiger charge is 2.32. The number of nitrogens with two attached hydrogens (primary N) is 1. The Bertz CT molecular complexity index is 293. The fraction of sp³-hybridized carbons (Fsp3) is 0.700. The molecule has 0 amide bonds. The molecule has 0 aromatic carbocycles. The van der Waals surface area contributed by atoms with E-state index < -0.39 is 0 Å². The summed E-state index contributed by atoms with van der Waals surface area (Å²) in [5, 5.41) is 3.84. The summed E-state index contributed by atoms with van der Waals surface area (Å²) in [7, 11) is 0. The molecular formula is C10H16N2O. The molecule has 2 rings (SSSR count). The first-order valence-electron chi connectivity index (χ1n) is 4.89. The van der Waals surface area contributed by atoms with E-state index in [-0.39, 0.29) is 6.04 Å². The maximum atomic E-state index is 5.94. The number of hydrogen-bond acceptors (Lipinski definition) is 3. The largest absolute Gasteiger partial charge is 0.361 e. The molecule has 1 aromatic rings. The van der Waals surface area contributed by atoms with Crippen molar-refractivity contribution in [2.75, 3.05) is 0 Å². The SMILES string of the molecule is CC(N)C1c2oncc2CCC1C. The fourth-order valence-corrected chi connectivity index (χ4v) is 2.31. The van der Waals surface area contributed by atoms with Crippen molar-refractivity contribution in [3.05, 3.63) is 17.5 Å². The van der Waals surface area contributed by atoms with E-state index in [1.54, 1.807) is 0 Å². The maximum Gasteiger partial charge on any atom is 0.144 e. The standard InChI is InChI=1S/C10H16N2O/c1-6-3-4-8-5-12-13-10(8)9(6)7(2)11/h5-7,9H,3-4,11H2,1-2H3. The fourth-order valence-electron chi connectivity index (χ4n) is 2.31. The third kappa shape index (κ3) is 1.37. The van der Waals surface area contributed by atoms with Gasteiger partial charge in [0.05, 0.1) is 6.20 Å². The van der Waals surface area contributed by atoms with Gasteiger partial charge >= 0.3 is 0 Å². The molecule has 0 saturated carbocycles. The summed E-state index contributed by atoms with van der Waals surface area (Å²) < 4.78 is 5.27. The molecule has 1 aliphatic carbocycles. The summed E-state index contributed by atoms with van der Waals surface area (Å²) in [6, 6.07) is 0.155. The Morgan fingerprint density at radius 1 is 1.69 bits per heavy atom. The highest BCUT2D eigenvalue weighted by molar-refractivity contribution is 5.23. The van der Waals surface area contributed by atoms with E-state index in [9.17, 15) is 0 Å². The summed E-state index contributed by atoms with van der Waals surface area (Å²) in [6.07, 6.45) is 4.11. The lowest BCUT2D eigenvalue weighted by atomic mass is 9.77. The second-order valence-corrected chi connectivity index (χ2v) is 4.12. The summed E-state index contributed by atoms with van der Waals surface area (Å²) in [5.41, 5.74) is 7.19. The highest BCUT2D eigenvalue weighted by Crippen LogP contribution is 2.37. The molecule has 3 heteroatoms. The predicted molar refractivity (Wildman–Crippen MR) is 50.4 cm³/mol. The van der Waals surface area contributed by atoms with Gasteiger partial charge in [0.1, 0.15) is 5.76 Å². The van der Waals surface area contributed by atoms with Gasteiger partial charge in [0.25, 0.3) is 0 Å². The number of fused-ring (bicyclic) bond motifs is 1. The average molecular weight is 180 g/mol. The monoisotopic (exact) mass is 180 g/mol. The first-order valence-corrected chi connectivity index (χ1v) is 4.89. The van der Waals surface area contributed by atoms with E-state index in [2.05, 4.69) is 12.1 Å². The molecule has 1 aliphatic rings. The third-order valence-electron chi connectivity index (χ3n) is 3.03. The minimum absolute atomic E-state index is 0.155. The van der Waals surface area contributed by atoms with Crippen molar-refractivity contribution in [2.24, 2.45) is 11.7 Å². The van der Waals surface area contributed by atoms with Crippen molar-refractivity contribution in [1.82, 2.24) is 5.16 Å². The van der Waals surface area contributed by atoms with Gasteiger partial charge in [-0.3, -0.25) is 0 Å². The minimum atomic E-state index is 0.155. The Morgan fingerprint density at radius 3 is 3.15 bits per heavy atom. The van der Waals surface area contributed by atoms with Gasteiger partial charge < -0.3 is 10.3 Å². The van der Waals surface area contributed by atoms with Gasteiger partial charge in [-0.25, -0.2) is 0 Å². The maximum absolute atomic E-state index is 5.94. The van der Waals surface area contributed by atoms with Crippen molar-refractivity contribution in [2.45, 2.75) is 38.6 Å². The Kier molecular flexibility index (Phi) is 2.12. The van der Waals surface area contributed by atoms with Crippen LogP contribution in [-0.2, 0) is 6.42 Å². The van der Waals surface area contributed by atoms with Gasteiger partial charge in [-0.2, -0.15) is 0 Å². The second-order valence-electron chi connectivity index (χ2n) is 4.12. The van der Waals surface area contributed by atoms with Gasteiger partial charge in [0.15, 0.2) is 0 Å². The van der Waals surface area contributed by atoms with E-state index in [0.717, 1.165) is 12.2 Å². The molecule has 2 N–H and O–H groups in total. The molecule has 3 nitrogen and oxygen atoms in total. The zero-order chi connectivity index (χ0) is 9.42. The van der Waals surface area contributed by atoms with Crippen molar-refractivity contribution < 1.29 is 4.52 Å². The first kappa shape index (κ1) is 8.75. The molecule has 3 unspecified atom stereocenters. The van der Waals surface area contributed by atoms with Crippen molar-refractivity contribution in [3.63, 3.8) is 0 Å². The number of nitrogens with zero attached hydrogens (tertiary/aromatic N) is 1. The molecular weight excluding hydrogens is 164 g/mol. The van der Waals surface area contributed by atoms with Crippen LogP contribution in [0.4, 0.5) is 0 Å². The van der Waals surface area contributed by atoms with Gasteiger partial charge in [-0.15, -0.1) is 0 Å². The van der Waals surface area contributed by atoms with E-state index in [1.165, 1.54) is 12.0 Å². The number of rotatable bonds is 1. The molecule has 0 fully saturated rings. The van der Waals surface area contributed by atoms with Crippen LogP contribution in [0.5, 0.6) is 0 Å². The second kappa shape index (κ2) is 3.14. The molecule has 3 atom stereocenters. The molecule has 72 valence electrons. The van der Waals surface area contributed by atoms with Crippen LogP contribution >= 0.6 is 0 Å². The van der Waals surface area contributed by atoms with E-state index in [4.69, 9.17) is 10.3 Å². The van der Waals surface area contributed by atoms with E-state index >= 15 is 0 Å². The first-order chi connectivity index (χ1) is 6.20. The molecule has 0 spiro atoms. The van der Waals surface area contributed by atoms with Gasteiger partial charge in [-0.05, 0) is 25.7 Å². The molecule has 1 aromatic heterocycles. The average Bonchev–Trinajstić information content (AvgIpc) is 2.50.